The van der Waals surface area contributed by atoms with E-state index in [0.717, 1.165) is 27.5 Å². The van der Waals surface area contributed by atoms with E-state index in [9.17, 15) is 9.18 Å². The molecule has 1 aliphatic rings. The maximum absolute atomic E-state index is 15.8. The summed E-state index contributed by atoms with van der Waals surface area (Å²) >= 11 is 1.07. The van der Waals surface area contributed by atoms with Crippen LogP contribution in [0.2, 0.25) is 0 Å². The molecule has 35 heavy (non-hydrogen) atoms. The van der Waals surface area contributed by atoms with Crippen molar-refractivity contribution in [1.29, 1.82) is 0 Å². The third-order valence-corrected chi connectivity index (χ3v) is 7.94. The number of carbonyl (C=O) groups is 1. The molecule has 8 heteroatoms. The Balaban J connectivity index is 1.52. The first-order valence-corrected chi connectivity index (χ1v) is 12.6. The highest BCUT2D eigenvalue weighted by atomic mass is 32.1. The van der Waals surface area contributed by atoms with Crippen LogP contribution in [0.5, 0.6) is 0 Å². The van der Waals surface area contributed by atoms with Gasteiger partial charge in [-0.15, -0.1) is 11.3 Å². The molecule has 1 saturated heterocycles. The molecule has 186 valence electrons. The van der Waals surface area contributed by atoms with Crippen molar-refractivity contribution in [3.63, 3.8) is 0 Å². The average Bonchev–Trinajstić information content (AvgIpc) is 3.46. The summed E-state index contributed by atoms with van der Waals surface area (Å²) in [5.74, 6) is 0. The van der Waals surface area contributed by atoms with E-state index in [1.54, 1.807) is 30.3 Å². The van der Waals surface area contributed by atoms with Crippen molar-refractivity contribution in [3.05, 3.63) is 82.1 Å². The van der Waals surface area contributed by atoms with Gasteiger partial charge in [-0.2, -0.15) is 4.39 Å². The van der Waals surface area contributed by atoms with Crippen molar-refractivity contribution in [2.75, 3.05) is 18.4 Å². The number of aromatic nitrogens is 1. The van der Waals surface area contributed by atoms with Crippen molar-refractivity contribution >= 4 is 23.1 Å². The third-order valence-electron chi connectivity index (χ3n) is 7.00. The summed E-state index contributed by atoms with van der Waals surface area (Å²) in [6.07, 6.45) is 0.688. The average molecular weight is 500 g/mol. The number of hydrogen-bond donors (Lipinski definition) is 1. The van der Waals surface area contributed by atoms with Crippen LogP contribution in [0.15, 0.2) is 60.8 Å². The molecule has 1 aromatic carbocycles. The number of rotatable bonds is 8. The molecule has 4 rings (SSSR count). The molecule has 0 spiro atoms. The Labute approximate surface area is 209 Å². The SMILES string of the molecule is Cc1ccc(C(C)(C)N2CC[C@@](CCc3ccc(F)s3)([C@H](F)OC(=O)Nc3ccccc3)C2)cn1. The van der Waals surface area contributed by atoms with Gasteiger partial charge in [0.15, 0.2) is 5.13 Å². The molecular weight excluding hydrogens is 468 g/mol. The number of amides is 1. The molecule has 0 saturated carbocycles. The second-order valence-electron chi connectivity index (χ2n) is 9.70. The Morgan fingerprint density at radius 2 is 2.00 bits per heavy atom. The highest BCUT2D eigenvalue weighted by Crippen LogP contribution is 2.45. The van der Waals surface area contributed by atoms with Crippen molar-refractivity contribution in [1.82, 2.24) is 9.88 Å². The number of alkyl halides is 1. The number of thiophene rings is 1. The number of likely N-dealkylation sites (tertiary alicyclic amines) is 1. The fourth-order valence-electron chi connectivity index (χ4n) is 4.63. The second-order valence-corrected chi connectivity index (χ2v) is 10.8. The number of halogens is 2. The number of para-hydroxylation sites is 1. The van der Waals surface area contributed by atoms with Gasteiger partial charge in [0.25, 0.3) is 0 Å². The zero-order valence-electron chi connectivity index (χ0n) is 20.3. The van der Waals surface area contributed by atoms with Gasteiger partial charge in [-0.3, -0.25) is 15.2 Å². The number of aryl methyl sites for hydroxylation is 2. The van der Waals surface area contributed by atoms with Crippen LogP contribution in [-0.2, 0) is 16.7 Å². The van der Waals surface area contributed by atoms with Crippen LogP contribution < -0.4 is 5.32 Å². The van der Waals surface area contributed by atoms with Crippen molar-refractivity contribution in [2.45, 2.75) is 51.9 Å². The minimum atomic E-state index is -1.81. The van der Waals surface area contributed by atoms with Crippen LogP contribution in [0.4, 0.5) is 19.3 Å². The summed E-state index contributed by atoms with van der Waals surface area (Å²) in [5, 5.41) is 2.33. The minimum Gasteiger partial charge on any atom is -0.414 e. The summed E-state index contributed by atoms with van der Waals surface area (Å²) in [6.45, 7) is 7.18. The van der Waals surface area contributed by atoms with E-state index in [1.807, 2.05) is 31.3 Å². The summed E-state index contributed by atoms with van der Waals surface area (Å²) in [4.78, 5) is 20.0. The molecular formula is C27H31F2N3O2S. The Bertz CT molecular complexity index is 1140. The van der Waals surface area contributed by atoms with E-state index < -0.39 is 17.9 Å². The molecule has 1 N–H and O–H groups in total. The number of hydrogen-bond acceptors (Lipinski definition) is 5. The van der Waals surface area contributed by atoms with E-state index in [-0.39, 0.29) is 10.7 Å². The number of nitrogens with zero attached hydrogens (tertiary/aromatic N) is 2. The van der Waals surface area contributed by atoms with Gasteiger partial charge in [-0.25, -0.2) is 9.18 Å². The molecule has 0 aliphatic carbocycles. The van der Waals surface area contributed by atoms with Gasteiger partial charge in [0.05, 0.1) is 5.41 Å². The van der Waals surface area contributed by atoms with Crippen LogP contribution >= 0.6 is 11.3 Å². The maximum atomic E-state index is 15.8. The standard InChI is InChI=1S/C27H31F2N3O2S/c1-19-9-10-20(17-30-19)26(2,3)32-16-15-27(18-32,14-13-22-11-12-23(28)35-22)24(29)34-25(33)31-21-7-5-4-6-8-21/h4-12,17,24H,13-16,18H2,1-3H3,(H,31,33)/t24-,27-/m1/s1. The number of benzene rings is 1. The van der Waals surface area contributed by atoms with Gasteiger partial charge < -0.3 is 4.74 Å². The summed E-state index contributed by atoms with van der Waals surface area (Å²) in [7, 11) is 0. The van der Waals surface area contributed by atoms with Gasteiger partial charge in [-0.05, 0) is 82.5 Å². The van der Waals surface area contributed by atoms with Gasteiger partial charge >= 0.3 is 6.09 Å². The summed E-state index contributed by atoms with van der Waals surface area (Å²) in [5.41, 5.74) is 1.21. The summed E-state index contributed by atoms with van der Waals surface area (Å²) in [6, 6.07) is 16.0. The molecule has 1 fully saturated rings. The minimum absolute atomic E-state index is 0.259. The highest BCUT2D eigenvalue weighted by Gasteiger charge is 2.50. The molecule has 3 heterocycles. The van der Waals surface area contributed by atoms with Crippen molar-refractivity contribution in [3.8, 4) is 0 Å². The van der Waals surface area contributed by atoms with Gasteiger partial charge in [0.1, 0.15) is 0 Å². The molecule has 0 radical (unpaired) electrons. The van der Waals surface area contributed by atoms with E-state index in [4.69, 9.17) is 4.74 Å². The normalized spacial score (nSPS) is 19.5. The van der Waals surface area contributed by atoms with E-state index in [2.05, 4.69) is 29.0 Å². The molecule has 2 aromatic heterocycles. The Morgan fingerprint density at radius 3 is 2.66 bits per heavy atom. The van der Waals surface area contributed by atoms with Gasteiger partial charge in [0, 0.05) is 34.5 Å². The monoisotopic (exact) mass is 499 g/mol. The number of pyridine rings is 1. The fourth-order valence-corrected chi connectivity index (χ4v) is 5.36. The first-order chi connectivity index (χ1) is 16.7. The number of anilines is 1. The van der Waals surface area contributed by atoms with Crippen molar-refractivity contribution in [2.24, 2.45) is 5.41 Å². The van der Waals surface area contributed by atoms with E-state index >= 15 is 4.39 Å². The fraction of sp³-hybridized carbons (Fsp3) is 0.407. The molecule has 2 atom stereocenters. The van der Waals surface area contributed by atoms with E-state index in [0.29, 0.717) is 38.0 Å². The first-order valence-electron chi connectivity index (χ1n) is 11.8. The smallest absolute Gasteiger partial charge is 0.414 e. The number of ether oxygens (including phenoxy) is 1. The highest BCUT2D eigenvalue weighted by molar-refractivity contribution is 7.10. The van der Waals surface area contributed by atoms with Gasteiger partial charge in [-0.1, -0.05) is 24.3 Å². The molecule has 1 aliphatic heterocycles. The number of nitrogens with one attached hydrogen (secondary N) is 1. The quantitative estimate of drug-likeness (QED) is 0.375. The van der Waals surface area contributed by atoms with Gasteiger partial charge in [0.2, 0.25) is 6.36 Å². The molecule has 3 aromatic rings. The third kappa shape index (κ3) is 5.87. The van der Waals surface area contributed by atoms with Crippen LogP contribution in [0, 0.1) is 17.5 Å². The van der Waals surface area contributed by atoms with E-state index in [1.165, 1.54) is 6.07 Å². The first kappa shape index (κ1) is 25.3. The number of carbonyl (C=O) groups excluding carboxylic acids is 1. The zero-order chi connectivity index (χ0) is 25.1. The van der Waals surface area contributed by atoms with Crippen molar-refractivity contribution < 1.29 is 18.3 Å². The van der Waals surface area contributed by atoms with Crippen LogP contribution in [-0.4, -0.2) is 35.4 Å². The molecule has 5 nitrogen and oxygen atoms in total. The largest absolute Gasteiger partial charge is 0.414 e. The second kappa shape index (κ2) is 10.4. The molecule has 0 unspecified atom stereocenters. The lowest BCUT2D eigenvalue weighted by molar-refractivity contribution is -0.0797. The lowest BCUT2D eigenvalue weighted by atomic mass is 9.81. The van der Waals surface area contributed by atoms with Crippen LogP contribution in [0.3, 0.4) is 0 Å². The molecule has 1 amide bonds. The van der Waals surface area contributed by atoms with Crippen LogP contribution in [0.25, 0.3) is 0 Å². The Hall–Kier alpha value is -2.84. The summed E-state index contributed by atoms with van der Waals surface area (Å²) < 4.78 is 34.7. The maximum Gasteiger partial charge on any atom is 0.414 e. The Kier molecular flexibility index (Phi) is 7.52. The lowest BCUT2D eigenvalue weighted by Crippen LogP contribution is -2.45. The van der Waals surface area contributed by atoms with Crippen LogP contribution in [0.1, 0.15) is 42.8 Å². The zero-order valence-corrected chi connectivity index (χ0v) is 21.1. The topological polar surface area (TPSA) is 54.5 Å². The molecule has 0 bridgehead atoms. The lowest BCUT2D eigenvalue weighted by Gasteiger charge is -2.38. The predicted octanol–water partition coefficient (Wildman–Crippen LogP) is 6.69. The predicted molar refractivity (Wildman–Crippen MR) is 135 cm³/mol. The Morgan fingerprint density at radius 1 is 1.23 bits per heavy atom.